The Morgan fingerprint density at radius 2 is 2.23 bits per heavy atom. The molecule has 1 aromatic carbocycles. The van der Waals surface area contributed by atoms with E-state index >= 15 is 0 Å². The summed E-state index contributed by atoms with van der Waals surface area (Å²) in [6.45, 7) is -0.0794. The van der Waals surface area contributed by atoms with Crippen molar-refractivity contribution in [1.29, 1.82) is 0 Å². The summed E-state index contributed by atoms with van der Waals surface area (Å²) in [5, 5.41) is 10.4. The van der Waals surface area contributed by atoms with Crippen LogP contribution in [-0.2, 0) is 11.3 Å². The molecule has 0 aliphatic carbocycles. The molecule has 0 amide bonds. The molecule has 1 aromatic heterocycles. The first-order chi connectivity index (χ1) is 6.27. The number of aromatic nitrogens is 1. The number of benzene rings is 1. The number of rotatable bonds is 2. The molecule has 0 aliphatic heterocycles. The molecule has 3 nitrogen and oxygen atoms in total. The van der Waals surface area contributed by atoms with Gasteiger partial charge < -0.3 is 9.90 Å². The molecule has 0 fully saturated rings. The van der Waals surface area contributed by atoms with Crippen LogP contribution in [0.1, 0.15) is 0 Å². The van der Waals surface area contributed by atoms with Crippen molar-refractivity contribution in [2.45, 2.75) is 6.54 Å². The largest absolute Gasteiger partial charge is 0.544 e. The summed E-state index contributed by atoms with van der Waals surface area (Å²) >= 11 is 1.53. The van der Waals surface area contributed by atoms with E-state index in [1.807, 2.05) is 24.3 Å². The average Bonchev–Trinajstić information content (AvgIpc) is 2.48. The third-order valence-electron chi connectivity index (χ3n) is 1.78. The quantitative estimate of drug-likeness (QED) is 0.627. The van der Waals surface area contributed by atoms with Crippen molar-refractivity contribution >= 4 is 27.5 Å². The topological polar surface area (TPSA) is 44.0 Å². The van der Waals surface area contributed by atoms with Gasteiger partial charge in [-0.15, -0.1) is 0 Å². The van der Waals surface area contributed by atoms with Crippen LogP contribution >= 0.6 is 11.3 Å². The predicted molar refractivity (Wildman–Crippen MR) is 47.0 cm³/mol. The Labute approximate surface area is 78.9 Å². The summed E-state index contributed by atoms with van der Waals surface area (Å²) in [5.41, 5.74) is 2.73. The number of hydrogen-bond acceptors (Lipinski definition) is 3. The Morgan fingerprint density at radius 3 is 3.00 bits per heavy atom. The van der Waals surface area contributed by atoms with E-state index < -0.39 is 5.97 Å². The van der Waals surface area contributed by atoms with Gasteiger partial charge in [-0.1, -0.05) is 23.5 Å². The fraction of sp³-hybridized carbons (Fsp3) is 0.111. The molecule has 4 heteroatoms. The highest BCUT2D eigenvalue weighted by Crippen LogP contribution is 2.14. The van der Waals surface area contributed by atoms with E-state index in [4.69, 9.17) is 0 Å². The Hall–Kier alpha value is -1.42. The van der Waals surface area contributed by atoms with Crippen LogP contribution in [0, 0.1) is 0 Å². The van der Waals surface area contributed by atoms with E-state index in [0.717, 1.165) is 10.2 Å². The maximum Gasteiger partial charge on any atom is 0.226 e. The molecule has 0 radical (unpaired) electrons. The Morgan fingerprint density at radius 1 is 1.46 bits per heavy atom. The van der Waals surface area contributed by atoms with Crippen LogP contribution in [0.5, 0.6) is 0 Å². The second-order valence-electron chi connectivity index (χ2n) is 2.69. The Kier molecular flexibility index (Phi) is 1.98. The van der Waals surface area contributed by atoms with E-state index in [9.17, 15) is 9.90 Å². The van der Waals surface area contributed by atoms with Gasteiger partial charge in [0.05, 0.1) is 0 Å². The summed E-state index contributed by atoms with van der Waals surface area (Å²) in [6.07, 6.45) is 0. The molecule has 0 bridgehead atoms. The van der Waals surface area contributed by atoms with Crippen LogP contribution in [-0.4, -0.2) is 5.97 Å². The smallest absolute Gasteiger partial charge is 0.226 e. The Bertz CT molecular complexity index is 450. The zero-order chi connectivity index (χ0) is 9.26. The zero-order valence-corrected chi connectivity index (χ0v) is 7.58. The molecular weight excluding hydrogens is 186 g/mol. The monoisotopic (exact) mass is 193 g/mol. The zero-order valence-electron chi connectivity index (χ0n) is 6.77. The van der Waals surface area contributed by atoms with Gasteiger partial charge in [0.2, 0.25) is 11.0 Å². The normalized spacial score (nSPS) is 10.5. The molecule has 0 unspecified atom stereocenters. The minimum atomic E-state index is -1.06. The van der Waals surface area contributed by atoms with Crippen LogP contribution < -0.4 is 9.67 Å². The number of carbonyl (C=O) groups excluding carboxylic acids is 1. The molecule has 0 saturated carbocycles. The lowest BCUT2D eigenvalue weighted by Crippen LogP contribution is -2.42. The van der Waals surface area contributed by atoms with E-state index in [1.54, 1.807) is 10.1 Å². The van der Waals surface area contributed by atoms with Gasteiger partial charge in [-0.25, -0.2) is 0 Å². The van der Waals surface area contributed by atoms with Crippen molar-refractivity contribution in [1.82, 2.24) is 0 Å². The number of carboxylic acids is 1. The van der Waals surface area contributed by atoms with Crippen molar-refractivity contribution in [3.63, 3.8) is 0 Å². The molecular formula is C9H7NO2S. The number of aliphatic carboxylic acids is 1. The third-order valence-corrected chi connectivity index (χ3v) is 2.74. The van der Waals surface area contributed by atoms with Gasteiger partial charge in [0.15, 0.2) is 6.54 Å². The molecule has 13 heavy (non-hydrogen) atoms. The number of para-hydroxylation sites is 1. The first-order valence-corrected chi connectivity index (χ1v) is 4.71. The van der Waals surface area contributed by atoms with Crippen LogP contribution in [0.3, 0.4) is 0 Å². The van der Waals surface area contributed by atoms with E-state index in [1.165, 1.54) is 11.3 Å². The molecule has 0 spiro atoms. The van der Waals surface area contributed by atoms with Crippen molar-refractivity contribution in [2.75, 3.05) is 0 Å². The number of nitrogens with zero attached hydrogens (tertiary/aromatic N) is 1. The van der Waals surface area contributed by atoms with Gasteiger partial charge in [0.25, 0.3) is 0 Å². The molecule has 0 aliphatic rings. The second-order valence-corrected chi connectivity index (χ2v) is 3.58. The lowest BCUT2D eigenvalue weighted by atomic mass is 10.3. The fourth-order valence-corrected chi connectivity index (χ4v) is 2.12. The standard InChI is InChI=1S/C9H7NO2S/c11-9(12)5-10-6-13-8-4-2-1-3-7(8)10/h1-4,6H,5H2. The van der Waals surface area contributed by atoms with Gasteiger partial charge in [-0.05, 0) is 6.07 Å². The molecule has 0 atom stereocenters. The number of hydrogen-bond donors (Lipinski definition) is 0. The number of thiazole rings is 1. The van der Waals surface area contributed by atoms with Crippen molar-refractivity contribution in [3.05, 3.63) is 29.8 Å². The average molecular weight is 193 g/mol. The van der Waals surface area contributed by atoms with E-state index in [0.29, 0.717) is 0 Å². The lowest BCUT2D eigenvalue weighted by molar-refractivity contribution is -0.661. The summed E-state index contributed by atoms with van der Waals surface area (Å²) in [6, 6.07) is 7.68. The number of carboxylic acid groups (broad SMARTS) is 1. The minimum absolute atomic E-state index is 0.0794. The maximum absolute atomic E-state index is 10.4. The highest BCUT2D eigenvalue weighted by atomic mass is 32.1. The van der Waals surface area contributed by atoms with E-state index in [-0.39, 0.29) is 6.54 Å². The van der Waals surface area contributed by atoms with Gasteiger partial charge in [-0.3, -0.25) is 0 Å². The van der Waals surface area contributed by atoms with Gasteiger partial charge in [0.1, 0.15) is 10.7 Å². The minimum Gasteiger partial charge on any atom is -0.544 e. The third kappa shape index (κ3) is 1.53. The van der Waals surface area contributed by atoms with Crippen LogP contribution in [0.2, 0.25) is 0 Å². The van der Waals surface area contributed by atoms with Crippen molar-refractivity contribution < 1.29 is 14.5 Å². The molecule has 2 aromatic rings. The van der Waals surface area contributed by atoms with Gasteiger partial charge in [-0.2, -0.15) is 4.57 Å². The second kappa shape index (κ2) is 3.14. The van der Waals surface area contributed by atoms with Crippen molar-refractivity contribution in [3.8, 4) is 0 Å². The molecule has 66 valence electrons. The van der Waals surface area contributed by atoms with Crippen LogP contribution in [0.15, 0.2) is 29.8 Å². The highest BCUT2D eigenvalue weighted by molar-refractivity contribution is 7.16. The highest BCUT2D eigenvalue weighted by Gasteiger charge is 2.09. The first-order valence-electron chi connectivity index (χ1n) is 3.83. The summed E-state index contributed by atoms with van der Waals surface area (Å²) in [7, 11) is 0. The van der Waals surface area contributed by atoms with Gasteiger partial charge in [0, 0.05) is 6.07 Å². The Balaban J connectivity index is 2.51. The lowest BCUT2D eigenvalue weighted by Gasteiger charge is -1.94. The maximum atomic E-state index is 10.4. The predicted octanol–water partition coefficient (Wildman–Crippen LogP) is -0.0613. The van der Waals surface area contributed by atoms with Crippen LogP contribution in [0.4, 0.5) is 0 Å². The number of carbonyl (C=O) groups is 1. The molecule has 0 N–H and O–H groups in total. The first kappa shape index (κ1) is 8.19. The molecule has 2 rings (SSSR count). The molecule has 0 saturated heterocycles. The van der Waals surface area contributed by atoms with Crippen molar-refractivity contribution in [2.24, 2.45) is 0 Å². The summed E-state index contributed by atoms with van der Waals surface area (Å²) in [4.78, 5) is 10.4. The summed E-state index contributed by atoms with van der Waals surface area (Å²) in [5.74, 6) is -1.06. The number of fused-ring (bicyclic) bond motifs is 1. The SMILES string of the molecule is O=C([O-])C[n+]1csc2ccccc21. The van der Waals surface area contributed by atoms with Crippen LogP contribution in [0.25, 0.3) is 10.2 Å². The van der Waals surface area contributed by atoms with E-state index in [2.05, 4.69) is 0 Å². The van der Waals surface area contributed by atoms with Gasteiger partial charge >= 0.3 is 0 Å². The molecule has 1 heterocycles. The fourth-order valence-electron chi connectivity index (χ4n) is 1.23. The summed E-state index contributed by atoms with van der Waals surface area (Å²) < 4.78 is 2.76.